The van der Waals surface area contributed by atoms with E-state index in [-0.39, 0.29) is 0 Å². The van der Waals surface area contributed by atoms with Gasteiger partial charge in [0.25, 0.3) is 0 Å². The molecule has 0 bridgehead atoms. The maximum absolute atomic E-state index is 4.35. The molecule has 1 saturated heterocycles. The molecule has 0 radical (unpaired) electrons. The number of hydrogen-bond donors (Lipinski definition) is 2. The third-order valence-corrected chi connectivity index (χ3v) is 3.16. The first-order valence-electron chi connectivity index (χ1n) is 6.38. The summed E-state index contributed by atoms with van der Waals surface area (Å²) in [7, 11) is 1.90. The number of nitrogens with one attached hydrogen (secondary N) is 2. The molecule has 1 fully saturated rings. The van der Waals surface area contributed by atoms with E-state index in [0.717, 1.165) is 36.7 Å². The van der Waals surface area contributed by atoms with Gasteiger partial charge in [0.05, 0.1) is 0 Å². The molecule has 1 aromatic heterocycles. The summed E-state index contributed by atoms with van der Waals surface area (Å²) in [4.78, 5) is 8.59. The Balaban J connectivity index is 2.13. The van der Waals surface area contributed by atoms with Crippen molar-refractivity contribution in [1.82, 2.24) is 15.0 Å². The molecular formula is C12H21N5. The molecule has 0 aromatic carbocycles. The first-order valence-corrected chi connectivity index (χ1v) is 6.38. The van der Waals surface area contributed by atoms with Gasteiger partial charge in [-0.25, -0.2) is 15.0 Å². The van der Waals surface area contributed by atoms with Gasteiger partial charge in [0, 0.05) is 25.7 Å². The number of rotatable bonds is 4. The lowest BCUT2D eigenvalue weighted by Gasteiger charge is -2.28. The summed E-state index contributed by atoms with van der Waals surface area (Å²) in [6.07, 6.45) is 6.39. The van der Waals surface area contributed by atoms with Crippen molar-refractivity contribution in [3.63, 3.8) is 0 Å². The highest BCUT2D eigenvalue weighted by atomic mass is 15.5. The molecule has 94 valence electrons. The fraction of sp³-hybridized carbons (Fsp3) is 0.667. The van der Waals surface area contributed by atoms with Crippen molar-refractivity contribution in [1.29, 1.82) is 0 Å². The number of piperidine rings is 1. The number of hydrazine groups is 1. The van der Waals surface area contributed by atoms with Crippen LogP contribution in [0.1, 0.15) is 31.7 Å². The van der Waals surface area contributed by atoms with Crippen molar-refractivity contribution in [2.45, 2.75) is 32.6 Å². The lowest BCUT2D eigenvalue weighted by atomic mass is 10.2. The summed E-state index contributed by atoms with van der Waals surface area (Å²) in [6, 6.07) is 0. The normalized spacial score (nSPS) is 16.8. The quantitative estimate of drug-likeness (QED) is 0.834. The standard InChI is InChI=1S/C12H21N5/c1-3-10-11(13-2)14-9-15-12(10)16-17-7-5-4-6-8-17/h9H,3-8H2,1-2H3,(H2,13,14,15,16). The molecule has 1 aliphatic heterocycles. The van der Waals surface area contributed by atoms with Gasteiger partial charge in [0.15, 0.2) is 0 Å². The third kappa shape index (κ3) is 2.85. The summed E-state index contributed by atoms with van der Waals surface area (Å²) >= 11 is 0. The van der Waals surface area contributed by atoms with E-state index in [4.69, 9.17) is 0 Å². The summed E-state index contributed by atoms with van der Waals surface area (Å²) in [5, 5.41) is 5.37. The van der Waals surface area contributed by atoms with Gasteiger partial charge in [-0.1, -0.05) is 13.3 Å². The summed E-state index contributed by atoms with van der Waals surface area (Å²) in [6.45, 7) is 4.32. The molecule has 0 atom stereocenters. The van der Waals surface area contributed by atoms with Crippen molar-refractivity contribution in [2.24, 2.45) is 0 Å². The highest BCUT2D eigenvalue weighted by Crippen LogP contribution is 2.21. The minimum Gasteiger partial charge on any atom is -0.373 e. The Kier molecular flexibility index (Phi) is 4.14. The van der Waals surface area contributed by atoms with Crippen molar-refractivity contribution >= 4 is 11.6 Å². The van der Waals surface area contributed by atoms with E-state index in [1.165, 1.54) is 19.3 Å². The maximum Gasteiger partial charge on any atom is 0.149 e. The van der Waals surface area contributed by atoms with Crippen molar-refractivity contribution in [3.8, 4) is 0 Å². The Bertz CT molecular complexity index is 360. The highest BCUT2D eigenvalue weighted by molar-refractivity contribution is 5.56. The van der Waals surface area contributed by atoms with Crippen LogP contribution in [0.25, 0.3) is 0 Å². The fourth-order valence-corrected chi connectivity index (χ4v) is 2.21. The zero-order valence-corrected chi connectivity index (χ0v) is 10.7. The molecule has 0 amide bonds. The second-order valence-electron chi connectivity index (χ2n) is 4.31. The van der Waals surface area contributed by atoms with Crippen LogP contribution in [-0.2, 0) is 6.42 Å². The Labute approximate surface area is 103 Å². The molecule has 2 N–H and O–H groups in total. The van der Waals surface area contributed by atoms with Crippen LogP contribution in [-0.4, -0.2) is 35.1 Å². The Morgan fingerprint density at radius 1 is 1.18 bits per heavy atom. The van der Waals surface area contributed by atoms with E-state index in [2.05, 4.69) is 32.6 Å². The second kappa shape index (κ2) is 5.82. The summed E-state index contributed by atoms with van der Waals surface area (Å²) in [5.41, 5.74) is 4.57. The van der Waals surface area contributed by atoms with Crippen LogP contribution in [0.15, 0.2) is 6.33 Å². The molecule has 17 heavy (non-hydrogen) atoms. The topological polar surface area (TPSA) is 53.1 Å². The molecule has 1 aliphatic rings. The average Bonchev–Trinajstić information content (AvgIpc) is 2.39. The van der Waals surface area contributed by atoms with Crippen LogP contribution in [0.3, 0.4) is 0 Å². The molecular weight excluding hydrogens is 214 g/mol. The molecule has 0 unspecified atom stereocenters. The van der Waals surface area contributed by atoms with Gasteiger partial charge in [-0.15, -0.1) is 0 Å². The maximum atomic E-state index is 4.35. The molecule has 0 saturated carbocycles. The van der Waals surface area contributed by atoms with Gasteiger partial charge in [-0.3, -0.25) is 0 Å². The zero-order valence-electron chi connectivity index (χ0n) is 10.7. The summed E-state index contributed by atoms with van der Waals surface area (Å²) < 4.78 is 0. The highest BCUT2D eigenvalue weighted by Gasteiger charge is 2.14. The zero-order chi connectivity index (χ0) is 12.1. The Morgan fingerprint density at radius 3 is 2.53 bits per heavy atom. The van der Waals surface area contributed by atoms with E-state index in [0.29, 0.717) is 0 Å². The van der Waals surface area contributed by atoms with Crippen molar-refractivity contribution in [3.05, 3.63) is 11.9 Å². The molecule has 2 rings (SSSR count). The van der Waals surface area contributed by atoms with Crippen LogP contribution in [0.2, 0.25) is 0 Å². The van der Waals surface area contributed by atoms with Gasteiger partial charge in [0.1, 0.15) is 18.0 Å². The molecule has 0 spiro atoms. The van der Waals surface area contributed by atoms with Crippen LogP contribution in [0.4, 0.5) is 11.6 Å². The summed E-state index contributed by atoms with van der Waals surface area (Å²) in [5.74, 6) is 1.86. The minimum atomic E-state index is 0.919. The average molecular weight is 235 g/mol. The minimum absolute atomic E-state index is 0.919. The van der Waals surface area contributed by atoms with Crippen molar-refractivity contribution < 1.29 is 0 Å². The van der Waals surface area contributed by atoms with Crippen molar-refractivity contribution in [2.75, 3.05) is 30.9 Å². The fourth-order valence-electron chi connectivity index (χ4n) is 2.21. The van der Waals surface area contributed by atoms with Crippen LogP contribution in [0, 0.1) is 0 Å². The number of aromatic nitrogens is 2. The molecule has 2 heterocycles. The monoisotopic (exact) mass is 235 g/mol. The van der Waals surface area contributed by atoms with E-state index in [1.54, 1.807) is 6.33 Å². The van der Waals surface area contributed by atoms with E-state index in [1.807, 2.05) is 7.05 Å². The van der Waals surface area contributed by atoms with E-state index in [9.17, 15) is 0 Å². The smallest absolute Gasteiger partial charge is 0.149 e. The molecule has 5 nitrogen and oxygen atoms in total. The van der Waals surface area contributed by atoms with E-state index < -0.39 is 0 Å². The van der Waals surface area contributed by atoms with E-state index >= 15 is 0 Å². The molecule has 5 heteroatoms. The largest absolute Gasteiger partial charge is 0.373 e. The third-order valence-electron chi connectivity index (χ3n) is 3.16. The van der Waals surface area contributed by atoms with Crippen LogP contribution in [0.5, 0.6) is 0 Å². The number of hydrogen-bond acceptors (Lipinski definition) is 5. The van der Waals surface area contributed by atoms with Crippen LogP contribution >= 0.6 is 0 Å². The second-order valence-corrected chi connectivity index (χ2v) is 4.31. The Morgan fingerprint density at radius 2 is 1.88 bits per heavy atom. The van der Waals surface area contributed by atoms with Gasteiger partial charge >= 0.3 is 0 Å². The predicted molar refractivity (Wildman–Crippen MR) is 70.0 cm³/mol. The van der Waals surface area contributed by atoms with Crippen LogP contribution < -0.4 is 10.7 Å². The van der Waals surface area contributed by atoms with Gasteiger partial charge in [-0.05, 0) is 19.3 Å². The number of nitrogens with zero attached hydrogens (tertiary/aromatic N) is 3. The van der Waals surface area contributed by atoms with Gasteiger partial charge in [0.2, 0.25) is 0 Å². The molecule has 0 aliphatic carbocycles. The lowest BCUT2D eigenvalue weighted by molar-refractivity contribution is 0.272. The molecule has 1 aromatic rings. The Hall–Kier alpha value is -1.36. The van der Waals surface area contributed by atoms with Gasteiger partial charge < -0.3 is 10.7 Å². The lowest BCUT2D eigenvalue weighted by Crippen LogP contribution is -2.35. The predicted octanol–water partition coefficient (Wildman–Crippen LogP) is 1.89. The first kappa shape index (κ1) is 12.1. The van der Waals surface area contributed by atoms with Gasteiger partial charge in [-0.2, -0.15) is 0 Å². The SMILES string of the molecule is CCc1c(NC)ncnc1NN1CCCCC1. The first-order chi connectivity index (χ1) is 8.35. The number of anilines is 2.